The van der Waals surface area contributed by atoms with Gasteiger partial charge >= 0.3 is 0 Å². The number of allylic oxidation sites excluding steroid dienone is 2. The molecule has 1 N–H and O–H groups in total. The van der Waals surface area contributed by atoms with Gasteiger partial charge in [0.15, 0.2) is 0 Å². The molecule has 1 aliphatic carbocycles. The number of carbonyl (C=O) groups is 1. The van der Waals surface area contributed by atoms with Crippen molar-refractivity contribution >= 4 is 6.29 Å². The highest BCUT2D eigenvalue weighted by Crippen LogP contribution is 2.32. The Labute approximate surface area is 68.2 Å². The zero-order valence-electron chi connectivity index (χ0n) is 6.42. The van der Waals surface area contributed by atoms with Crippen LogP contribution >= 0.6 is 0 Å². The van der Waals surface area contributed by atoms with Crippen molar-refractivity contribution in [3.63, 3.8) is 0 Å². The smallest absolute Gasteiger partial charge is 0.135 e. The molecule has 12 heavy (non-hydrogen) atoms. The normalized spacial score (nSPS) is 35.5. The van der Waals surface area contributed by atoms with Crippen LogP contribution in [0.2, 0.25) is 0 Å². The summed E-state index contributed by atoms with van der Waals surface area (Å²) in [6, 6.07) is 0. The van der Waals surface area contributed by atoms with E-state index in [-0.39, 0.29) is 0 Å². The van der Waals surface area contributed by atoms with Crippen molar-refractivity contribution in [2.75, 3.05) is 0 Å². The molecule has 0 saturated heterocycles. The number of rotatable bonds is 1. The number of hydrogen-bond acceptors (Lipinski definition) is 2. The van der Waals surface area contributed by atoms with Gasteiger partial charge in [-0.1, -0.05) is 0 Å². The third-order valence-electron chi connectivity index (χ3n) is 1.88. The lowest BCUT2D eigenvalue weighted by Gasteiger charge is -2.27. The van der Waals surface area contributed by atoms with E-state index in [4.69, 9.17) is 0 Å². The van der Waals surface area contributed by atoms with E-state index in [1.54, 1.807) is 0 Å². The van der Waals surface area contributed by atoms with Gasteiger partial charge in [-0.2, -0.15) is 0 Å². The Hall–Kier alpha value is -1.03. The van der Waals surface area contributed by atoms with Crippen LogP contribution in [0.25, 0.3) is 0 Å². The van der Waals surface area contributed by atoms with Gasteiger partial charge in [-0.25, -0.2) is 8.78 Å². The van der Waals surface area contributed by atoms with Crippen LogP contribution < -0.4 is 0 Å². The Morgan fingerprint density at radius 1 is 1.67 bits per heavy atom. The minimum Gasteiger partial charge on any atom is -0.382 e. The van der Waals surface area contributed by atoms with Gasteiger partial charge in [0.2, 0.25) is 0 Å². The van der Waals surface area contributed by atoms with Crippen molar-refractivity contribution in [1.82, 2.24) is 0 Å². The van der Waals surface area contributed by atoms with E-state index in [1.165, 1.54) is 0 Å². The summed E-state index contributed by atoms with van der Waals surface area (Å²) >= 11 is 0. The Bertz CT molecular complexity index is 266. The summed E-state index contributed by atoms with van der Waals surface area (Å²) in [5.41, 5.74) is -1.91. The van der Waals surface area contributed by atoms with Crippen LogP contribution in [0, 0.1) is 5.92 Å². The van der Waals surface area contributed by atoms with Crippen LogP contribution in [0.5, 0.6) is 0 Å². The molecule has 2 nitrogen and oxygen atoms in total. The largest absolute Gasteiger partial charge is 0.382 e. The van der Waals surface area contributed by atoms with E-state index in [9.17, 15) is 18.7 Å². The lowest BCUT2D eigenvalue weighted by molar-refractivity contribution is -0.115. The third-order valence-corrected chi connectivity index (χ3v) is 1.88. The van der Waals surface area contributed by atoms with Crippen molar-refractivity contribution in [3.8, 4) is 0 Å². The molecule has 66 valence electrons. The van der Waals surface area contributed by atoms with Crippen LogP contribution in [-0.4, -0.2) is 17.0 Å². The maximum Gasteiger partial charge on any atom is 0.135 e. The highest BCUT2D eigenvalue weighted by molar-refractivity contribution is 5.62. The van der Waals surface area contributed by atoms with Crippen LogP contribution in [0.3, 0.4) is 0 Å². The van der Waals surface area contributed by atoms with E-state index in [0.717, 1.165) is 13.0 Å². The molecule has 0 aromatic heterocycles. The second-order valence-corrected chi connectivity index (χ2v) is 2.85. The predicted octanol–water partition coefficient (Wildman–Crippen LogP) is 1.27. The molecule has 0 bridgehead atoms. The monoisotopic (exact) mass is 174 g/mol. The molecule has 1 aliphatic rings. The van der Waals surface area contributed by atoms with E-state index in [1.807, 2.05) is 0 Å². The summed E-state index contributed by atoms with van der Waals surface area (Å²) in [6.45, 7) is 1.13. The summed E-state index contributed by atoms with van der Waals surface area (Å²) in [4.78, 5) is 10.3. The van der Waals surface area contributed by atoms with Crippen molar-refractivity contribution in [3.05, 3.63) is 23.8 Å². The summed E-state index contributed by atoms with van der Waals surface area (Å²) in [7, 11) is 0. The molecule has 0 aromatic carbocycles. The SMILES string of the molecule is CC1(O)C(F)=CC(F)=CC1C=O. The van der Waals surface area contributed by atoms with Gasteiger partial charge in [-0.15, -0.1) is 0 Å². The Morgan fingerprint density at radius 2 is 2.25 bits per heavy atom. The van der Waals surface area contributed by atoms with Crippen molar-refractivity contribution in [2.24, 2.45) is 5.92 Å². The molecule has 0 heterocycles. The van der Waals surface area contributed by atoms with E-state index >= 15 is 0 Å². The number of aldehydes is 1. The van der Waals surface area contributed by atoms with Crippen LogP contribution in [0.1, 0.15) is 6.92 Å². The quantitative estimate of drug-likeness (QED) is 0.608. The summed E-state index contributed by atoms with van der Waals surface area (Å²) in [5.74, 6) is -3.02. The van der Waals surface area contributed by atoms with Gasteiger partial charge in [0, 0.05) is 6.08 Å². The van der Waals surface area contributed by atoms with Gasteiger partial charge in [-0.3, -0.25) is 0 Å². The zero-order valence-corrected chi connectivity index (χ0v) is 6.42. The highest BCUT2D eigenvalue weighted by atomic mass is 19.1. The van der Waals surface area contributed by atoms with Crippen molar-refractivity contribution in [2.45, 2.75) is 12.5 Å². The molecule has 2 atom stereocenters. The van der Waals surface area contributed by atoms with Crippen LogP contribution in [-0.2, 0) is 4.79 Å². The first-order valence-corrected chi connectivity index (χ1v) is 3.41. The fourth-order valence-corrected chi connectivity index (χ4v) is 0.980. The molecule has 0 amide bonds. The van der Waals surface area contributed by atoms with E-state index in [2.05, 4.69) is 0 Å². The zero-order chi connectivity index (χ0) is 9.35. The molecule has 2 unspecified atom stereocenters. The average Bonchev–Trinajstić information content (AvgIpc) is 1.97. The maximum atomic E-state index is 12.8. The molecule has 0 radical (unpaired) electrons. The molecular weight excluding hydrogens is 166 g/mol. The molecule has 0 fully saturated rings. The average molecular weight is 174 g/mol. The van der Waals surface area contributed by atoms with Crippen molar-refractivity contribution in [1.29, 1.82) is 0 Å². The molecule has 4 heteroatoms. The van der Waals surface area contributed by atoms with E-state index in [0.29, 0.717) is 12.4 Å². The topological polar surface area (TPSA) is 37.3 Å². The Kier molecular flexibility index (Phi) is 2.10. The molecule has 0 spiro atoms. The van der Waals surface area contributed by atoms with Gasteiger partial charge < -0.3 is 9.90 Å². The number of hydrogen-bond donors (Lipinski definition) is 1. The molecule has 0 aromatic rings. The van der Waals surface area contributed by atoms with Gasteiger partial charge in [0.05, 0.1) is 5.92 Å². The Balaban J connectivity index is 3.07. The second kappa shape index (κ2) is 2.79. The first-order chi connectivity index (χ1) is 5.48. The summed E-state index contributed by atoms with van der Waals surface area (Å²) in [5, 5.41) is 9.33. The molecular formula is C8H8F2O2. The van der Waals surface area contributed by atoms with Gasteiger partial charge in [0.1, 0.15) is 23.5 Å². The second-order valence-electron chi connectivity index (χ2n) is 2.85. The first-order valence-electron chi connectivity index (χ1n) is 3.41. The highest BCUT2D eigenvalue weighted by Gasteiger charge is 2.38. The first kappa shape index (κ1) is 9.06. The predicted molar refractivity (Wildman–Crippen MR) is 38.6 cm³/mol. The standard InChI is InChI=1S/C8H8F2O2/c1-8(12)5(4-11)2-6(9)3-7(8)10/h2-5,12H,1H3. The molecule has 1 rings (SSSR count). The Morgan fingerprint density at radius 3 is 2.75 bits per heavy atom. The maximum absolute atomic E-state index is 12.8. The minimum absolute atomic E-state index is 0.312. The van der Waals surface area contributed by atoms with Crippen molar-refractivity contribution < 1.29 is 18.7 Å². The van der Waals surface area contributed by atoms with Crippen LogP contribution in [0.4, 0.5) is 8.78 Å². The molecule has 0 saturated carbocycles. The number of halogens is 2. The lowest BCUT2D eigenvalue weighted by atomic mass is 9.85. The fourth-order valence-electron chi connectivity index (χ4n) is 0.980. The third kappa shape index (κ3) is 1.30. The minimum atomic E-state index is -1.91. The van der Waals surface area contributed by atoms with Gasteiger partial charge in [0.25, 0.3) is 0 Å². The van der Waals surface area contributed by atoms with Gasteiger partial charge in [-0.05, 0) is 13.0 Å². The lowest BCUT2D eigenvalue weighted by Crippen LogP contribution is -2.37. The molecule has 0 aliphatic heterocycles. The number of carbonyl (C=O) groups excluding carboxylic acids is 1. The number of aliphatic hydroxyl groups is 1. The van der Waals surface area contributed by atoms with E-state index < -0.39 is 23.2 Å². The van der Waals surface area contributed by atoms with Crippen LogP contribution in [0.15, 0.2) is 23.8 Å². The summed E-state index contributed by atoms with van der Waals surface area (Å²) in [6.07, 6.45) is 1.77. The fraction of sp³-hybridized carbons (Fsp3) is 0.375. The summed E-state index contributed by atoms with van der Waals surface area (Å²) < 4.78 is 25.3.